The van der Waals surface area contributed by atoms with Crippen molar-refractivity contribution in [2.75, 3.05) is 18.2 Å². The number of hydrogen-bond donors (Lipinski definition) is 1. The lowest BCUT2D eigenvalue weighted by molar-refractivity contribution is -0.113. The maximum atomic E-state index is 13.7. The van der Waals surface area contributed by atoms with Crippen LogP contribution in [0.15, 0.2) is 60.3 Å². The van der Waals surface area contributed by atoms with Crippen LogP contribution in [-0.2, 0) is 11.3 Å². The van der Waals surface area contributed by atoms with E-state index in [2.05, 4.69) is 22.1 Å². The highest BCUT2D eigenvalue weighted by atomic mass is 32.2. The summed E-state index contributed by atoms with van der Waals surface area (Å²) in [5, 5.41) is 11.3. The number of halogens is 2. The first-order chi connectivity index (χ1) is 14.0. The number of nitrogens with zero attached hydrogens (tertiary/aromatic N) is 3. The Kier molecular flexibility index (Phi) is 6.61. The first-order valence-corrected chi connectivity index (χ1v) is 9.56. The predicted octanol–water partition coefficient (Wildman–Crippen LogP) is 4.15. The average Bonchev–Trinajstić information content (AvgIpc) is 3.11. The number of anilines is 1. The minimum Gasteiger partial charge on any atom is -0.497 e. The van der Waals surface area contributed by atoms with Crippen molar-refractivity contribution < 1.29 is 18.3 Å². The number of amides is 1. The normalized spacial score (nSPS) is 10.6. The molecule has 9 heteroatoms. The molecule has 0 bridgehead atoms. The molecule has 0 saturated carbocycles. The molecule has 2 aromatic carbocycles. The highest BCUT2D eigenvalue weighted by Gasteiger charge is 2.16. The molecule has 0 fully saturated rings. The molecule has 0 aliphatic rings. The summed E-state index contributed by atoms with van der Waals surface area (Å²) in [6.45, 7) is 4.20. The van der Waals surface area contributed by atoms with Crippen LogP contribution >= 0.6 is 11.8 Å². The number of ether oxygens (including phenoxy) is 1. The fourth-order valence-corrected chi connectivity index (χ4v) is 3.30. The van der Waals surface area contributed by atoms with E-state index < -0.39 is 17.5 Å². The van der Waals surface area contributed by atoms with Crippen LogP contribution in [0.25, 0.3) is 11.4 Å². The molecule has 0 spiro atoms. The Bertz CT molecular complexity index is 1020. The van der Waals surface area contributed by atoms with Gasteiger partial charge in [0.15, 0.2) is 11.0 Å². The van der Waals surface area contributed by atoms with Gasteiger partial charge in [-0.25, -0.2) is 8.78 Å². The third kappa shape index (κ3) is 5.00. The number of methoxy groups -OCH3 is 1. The Hall–Kier alpha value is -3.20. The molecule has 3 aromatic rings. The number of carbonyl (C=O) groups is 1. The summed E-state index contributed by atoms with van der Waals surface area (Å²) in [7, 11) is 1.59. The molecule has 1 amide bonds. The van der Waals surface area contributed by atoms with Crippen molar-refractivity contribution in [3.63, 3.8) is 0 Å². The fourth-order valence-electron chi connectivity index (χ4n) is 2.55. The number of aromatic nitrogens is 3. The first kappa shape index (κ1) is 20.5. The Labute approximate surface area is 170 Å². The zero-order chi connectivity index (χ0) is 20.8. The van der Waals surface area contributed by atoms with Crippen molar-refractivity contribution in [3.05, 3.63) is 66.8 Å². The van der Waals surface area contributed by atoms with Gasteiger partial charge in [0.25, 0.3) is 0 Å². The molecular weight excluding hydrogens is 398 g/mol. The molecule has 0 aliphatic heterocycles. The Balaban J connectivity index is 1.72. The number of benzene rings is 2. The van der Waals surface area contributed by atoms with E-state index in [1.165, 1.54) is 6.07 Å². The van der Waals surface area contributed by atoms with E-state index in [9.17, 15) is 13.6 Å². The number of carbonyl (C=O) groups excluding carboxylic acids is 1. The molecule has 0 unspecified atom stereocenters. The molecule has 150 valence electrons. The second kappa shape index (κ2) is 9.33. The van der Waals surface area contributed by atoms with Crippen molar-refractivity contribution in [2.45, 2.75) is 11.7 Å². The van der Waals surface area contributed by atoms with Gasteiger partial charge in [0.05, 0.1) is 18.6 Å². The highest BCUT2D eigenvalue weighted by Crippen LogP contribution is 2.26. The summed E-state index contributed by atoms with van der Waals surface area (Å²) < 4.78 is 33.6. The summed E-state index contributed by atoms with van der Waals surface area (Å²) in [6.07, 6.45) is 1.70. The van der Waals surface area contributed by atoms with E-state index in [-0.39, 0.29) is 11.4 Å². The quantitative estimate of drug-likeness (QED) is 0.441. The van der Waals surface area contributed by atoms with Crippen molar-refractivity contribution in [2.24, 2.45) is 0 Å². The van der Waals surface area contributed by atoms with Gasteiger partial charge in [0.2, 0.25) is 5.91 Å². The van der Waals surface area contributed by atoms with Gasteiger partial charge in [0.1, 0.15) is 17.4 Å². The molecule has 0 saturated heterocycles. The fraction of sp³-hybridized carbons (Fsp3) is 0.150. The van der Waals surface area contributed by atoms with E-state index in [1.54, 1.807) is 13.2 Å². The Morgan fingerprint density at radius 1 is 1.24 bits per heavy atom. The largest absolute Gasteiger partial charge is 0.497 e. The van der Waals surface area contributed by atoms with Crippen LogP contribution in [0.4, 0.5) is 14.5 Å². The SMILES string of the molecule is C=CCn1c(SCC(=O)Nc2ccc(F)cc2F)nnc1-c1ccc(OC)cc1. The molecule has 29 heavy (non-hydrogen) atoms. The average molecular weight is 416 g/mol. The molecule has 0 aliphatic carbocycles. The summed E-state index contributed by atoms with van der Waals surface area (Å²) in [4.78, 5) is 12.2. The van der Waals surface area contributed by atoms with Crippen LogP contribution in [-0.4, -0.2) is 33.5 Å². The van der Waals surface area contributed by atoms with Crippen molar-refractivity contribution >= 4 is 23.4 Å². The van der Waals surface area contributed by atoms with E-state index >= 15 is 0 Å². The Morgan fingerprint density at radius 3 is 2.66 bits per heavy atom. The second-order valence-corrected chi connectivity index (χ2v) is 6.84. The number of thioether (sulfide) groups is 1. The maximum absolute atomic E-state index is 13.7. The minimum absolute atomic E-state index is 0.0191. The lowest BCUT2D eigenvalue weighted by Gasteiger charge is -2.09. The van der Waals surface area contributed by atoms with E-state index in [0.717, 1.165) is 29.1 Å². The van der Waals surface area contributed by atoms with E-state index in [0.29, 0.717) is 23.6 Å². The van der Waals surface area contributed by atoms with Gasteiger partial charge in [0, 0.05) is 18.2 Å². The van der Waals surface area contributed by atoms with Gasteiger partial charge < -0.3 is 10.1 Å². The third-order valence-electron chi connectivity index (χ3n) is 3.91. The summed E-state index contributed by atoms with van der Waals surface area (Å²) >= 11 is 1.15. The lowest BCUT2D eigenvalue weighted by atomic mass is 10.2. The Morgan fingerprint density at radius 2 is 2.00 bits per heavy atom. The molecule has 1 N–H and O–H groups in total. The monoisotopic (exact) mass is 416 g/mol. The van der Waals surface area contributed by atoms with Crippen LogP contribution in [0.1, 0.15) is 0 Å². The zero-order valence-electron chi connectivity index (χ0n) is 15.6. The van der Waals surface area contributed by atoms with Gasteiger partial charge in [-0.15, -0.1) is 16.8 Å². The molecule has 1 aromatic heterocycles. The predicted molar refractivity (Wildman–Crippen MR) is 108 cm³/mol. The van der Waals surface area contributed by atoms with Crippen molar-refractivity contribution in [3.8, 4) is 17.1 Å². The van der Waals surface area contributed by atoms with Crippen LogP contribution in [0.5, 0.6) is 5.75 Å². The summed E-state index contributed by atoms with van der Waals surface area (Å²) in [5.74, 6) is -0.657. The highest BCUT2D eigenvalue weighted by molar-refractivity contribution is 7.99. The molecular formula is C20H18F2N4O2S. The van der Waals surface area contributed by atoms with Gasteiger partial charge in [-0.1, -0.05) is 17.8 Å². The number of allylic oxidation sites excluding steroid dienone is 1. The number of hydrogen-bond acceptors (Lipinski definition) is 5. The van der Waals surface area contributed by atoms with Crippen LogP contribution in [0, 0.1) is 11.6 Å². The van der Waals surface area contributed by atoms with Gasteiger partial charge in [-0.2, -0.15) is 0 Å². The van der Waals surface area contributed by atoms with Crippen LogP contribution in [0.3, 0.4) is 0 Å². The second-order valence-electron chi connectivity index (χ2n) is 5.89. The molecule has 6 nitrogen and oxygen atoms in total. The van der Waals surface area contributed by atoms with Crippen molar-refractivity contribution in [1.29, 1.82) is 0 Å². The molecule has 0 atom stereocenters. The molecule has 0 radical (unpaired) electrons. The summed E-state index contributed by atoms with van der Waals surface area (Å²) in [5.41, 5.74) is 0.758. The van der Waals surface area contributed by atoms with Crippen LogP contribution in [0.2, 0.25) is 0 Å². The zero-order valence-corrected chi connectivity index (χ0v) is 16.4. The molecule has 3 rings (SSSR count). The van der Waals surface area contributed by atoms with Gasteiger partial charge in [-0.05, 0) is 36.4 Å². The first-order valence-electron chi connectivity index (χ1n) is 8.58. The standard InChI is InChI=1S/C20H18F2N4O2S/c1-3-10-26-19(13-4-7-15(28-2)8-5-13)24-25-20(26)29-12-18(27)23-17-9-6-14(21)11-16(17)22/h3-9,11H,1,10,12H2,2H3,(H,23,27). The van der Waals surface area contributed by atoms with Gasteiger partial charge >= 0.3 is 0 Å². The topological polar surface area (TPSA) is 69.0 Å². The minimum atomic E-state index is -0.833. The van der Waals surface area contributed by atoms with Gasteiger partial charge in [-0.3, -0.25) is 9.36 Å². The maximum Gasteiger partial charge on any atom is 0.234 e. The lowest BCUT2D eigenvalue weighted by Crippen LogP contribution is -2.15. The smallest absolute Gasteiger partial charge is 0.234 e. The number of nitrogens with one attached hydrogen (secondary N) is 1. The molecule has 1 heterocycles. The van der Waals surface area contributed by atoms with Crippen LogP contribution < -0.4 is 10.1 Å². The summed E-state index contributed by atoms with van der Waals surface area (Å²) in [6, 6.07) is 10.3. The van der Waals surface area contributed by atoms with E-state index in [1.807, 2.05) is 28.8 Å². The number of rotatable bonds is 8. The van der Waals surface area contributed by atoms with E-state index in [4.69, 9.17) is 4.74 Å². The third-order valence-corrected chi connectivity index (χ3v) is 4.88. The van der Waals surface area contributed by atoms with Crippen molar-refractivity contribution in [1.82, 2.24) is 14.8 Å².